The van der Waals surface area contributed by atoms with Crippen molar-refractivity contribution in [2.24, 2.45) is 5.92 Å². The molecular formula is C18H29N3O2. The molecule has 1 saturated heterocycles. The fraction of sp³-hybridized carbons (Fsp3) is 0.611. The Morgan fingerprint density at radius 3 is 2.83 bits per heavy atom. The molecule has 0 aromatic heterocycles. The number of rotatable bonds is 5. The molecule has 3 N–H and O–H groups in total. The van der Waals surface area contributed by atoms with E-state index < -0.39 is 0 Å². The van der Waals surface area contributed by atoms with Crippen molar-refractivity contribution in [2.45, 2.75) is 39.3 Å². The van der Waals surface area contributed by atoms with E-state index in [-0.39, 0.29) is 19.1 Å². The highest BCUT2D eigenvalue weighted by Gasteiger charge is 2.29. The third kappa shape index (κ3) is 4.24. The summed E-state index contributed by atoms with van der Waals surface area (Å²) >= 11 is 0. The van der Waals surface area contributed by atoms with E-state index >= 15 is 0 Å². The van der Waals surface area contributed by atoms with Crippen LogP contribution >= 0.6 is 0 Å². The number of amides is 1. The fourth-order valence-corrected chi connectivity index (χ4v) is 3.24. The Hall–Kier alpha value is -1.59. The maximum atomic E-state index is 12.2. The molecule has 0 spiro atoms. The Kier molecular flexibility index (Phi) is 6.02. The molecule has 1 heterocycles. The van der Waals surface area contributed by atoms with Crippen LogP contribution < -0.4 is 10.6 Å². The minimum atomic E-state index is -0.134. The van der Waals surface area contributed by atoms with Gasteiger partial charge in [-0.15, -0.1) is 0 Å². The zero-order valence-corrected chi connectivity index (χ0v) is 14.6. The summed E-state index contributed by atoms with van der Waals surface area (Å²) in [6, 6.07) is 6.74. The predicted molar refractivity (Wildman–Crippen MR) is 93.9 cm³/mol. The SMILES string of the molecule is Cc1c(NC2CC(C)N(C)CC2C)cccc1C(=O)NCCO. The number of piperidine rings is 1. The topological polar surface area (TPSA) is 64.6 Å². The Morgan fingerprint density at radius 2 is 2.13 bits per heavy atom. The number of aliphatic hydroxyl groups is 1. The summed E-state index contributed by atoms with van der Waals surface area (Å²) in [4.78, 5) is 14.6. The highest BCUT2D eigenvalue weighted by atomic mass is 16.3. The van der Waals surface area contributed by atoms with E-state index in [1.807, 2.05) is 25.1 Å². The van der Waals surface area contributed by atoms with Gasteiger partial charge in [-0.2, -0.15) is 0 Å². The first-order valence-corrected chi connectivity index (χ1v) is 8.39. The highest BCUT2D eigenvalue weighted by molar-refractivity contribution is 5.97. The number of anilines is 1. The zero-order chi connectivity index (χ0) is 17.0. The van der Waals surface area contributed by atoms with Gasteiger partial charge in [0.05, 0.1) is 6.61 Å². The molecule has 3 unspecified atom stereocenters. The number of aliphatic hydroxyl groups excluding tert-OH is 1. The van der Waals surface area contributed by atoms with Crippen LogP contribution in [0, 0.1) is 12.8 Å². The van der Waals surface area contributed by atoms with Gasteiger partial charge in [-0.25, -0.2) is 0 Å². The third-order valence-electron chi connectivity index (χ3n) is 4.93. The van der Waals surface area contributed by atoms with Crippen molar-refractivity contribution in [1.29, 1.82) is 0 Å². The van der Waals surface area contributed by atoms with E-state index in [2.05, 4.69) is 36.4 Å². The largest absolute Gasteiger partial charge is 0.395 e. The predicted octanol–water partition coefficient (Wildman–Crippen LogP) is 1.86. The second-order valence-corrected chi connectivity index (χ2v) is 6.71. The Morgan fingerprint density at radius 1 is 1.39 bits per heavy atom. The maximum absolute atomic E-state index is 12.2. The number of benzene rings is 1. The maximum Gasteiger partial charge on any atom is 0.251 e. The lowest BCUT2D eigenvalue weighted by molar-refractivity contribution is 0.0944. The minimum Gasteiger partial charge on any atom is -0.395 e. The molecule has 1 aromatic rings. The monoisotopic (exact) mass is 319 g/mol. The molecule has 3 atom stereocenters. The van der Waals surface area contributed by atoms with E-state index in [1.165, 1.54) is 0 Å². The second kappa shape index (κ2) is 7.79. The number of nitrogens with zero attached hydrogens (tertiary/aromatic N) is 1. The Balaban J connectivity index is 2.13. The summed E-state index contributed by atoms with van der Waals surface area (Å²) in [6.07, 6.45) is 1.10. The van der Waals surface area contributed by atoms with Crippen LogP contribution in [0.1, 0.15) is 36.2 Å². The van der Waals surface area contributed by atoms with E-state index in [1.54, 1.807) is 0 Å². The summed E-state index contributed by atoms with van der Waals surface area (Å²) in [7, 11) is 2.18. The molecule has 1 aliphatic rings. The Labute approximate surface area is 139 Å². The summed E-state index contributed by atoms with van der Waals surface area (Å²) in [5.74, 6) is 0.424. The van der Waals surface area contributed by atoms with Crippen molar-refractivity contribution < 1.29 is 9.90 Å². The summed E-state index contributed by atoms with van der Waals surface area (Å²) in [5.41, 5.74) is 2.65. The van der Waals surface area contributed by atoms with Crippen LogP contribution in [0.15, 0.2) is 18.2 Å². The third-order valence-corrected chi connectivity index (χ3v) is 4.93. The number of likely N-dealkylation sites (tertiary alicyclic amines) is 1. The average molecular weight is 319 g/mol. The number of carbonyl (C=O) groups is 1. The van der Waals surface area contributed by atoms with Crippen molar-refractivity contribution in [1.82, 2.24) is 10.2 Å². The van der Waals surface area contributed by atoms with Gasteiger partial charge in [0.1, 0.15) is 0 Å². The van der Waals surface area contributed by atoms with Crippen LogP contribution in [0.4, 0.5) is 5.69 Å². The lowest BCUT2D eigenvalue weighted by Crippen LogP contribution is -2.48. The molecule has 5 heteroatoms. The molecule has 1 aliphatic heterocycles. The van der Waals surface area contributed by atoms with Crippen molar-refractivity contribution in [3.8, 4) is 0 Å². The summed E-state index contributed by atoms with van der Waals surface area (Å²) in [6.45, 7) is 7.81. The molecule has 0 radical (unpaired) electrons. The molecular weight excluding hydrogens is 290 g/mol. The van der Waals surface area contributed by atoms with Gasteiger partial charge in [0, 0.05) is 36.4 Å². The van der Waals surface area contributed by atoms with Gasteiger partial charge in [0.25, 0.3) is 5.91 Å². The van der Waals surface area contributed by atoms with Gasteiger partial charge >= 0.3 is 0 Å². The number of nitrogens with one attached hydrogen (secondary N) is 2. The smallest absolute Gasteiger partial charge is 0.251 e. The lowest BCUT2D eigenvalue weighted by atomic mass is 9.89. The zero-order valence-electron chi connectivity index (χ0n) is 14.6. The molecule has 1 fully saturated rings. The van der Waals surface area contributed by atoms with Crippen molar-refractivity contribution >= 4 is 11.6 Å². The molecule has 5 nitrogen and oxygen atoms in total. The average Bonchev–Trinajstić information content (AvgIpc) is 2.52. The van der Waals surface area contributed by atoms with Gasteiger partial charge in [-0.1, -0.05) is 13.0 Å². The molecule has 1 aromatic carbocycles. The molecule has 2 rings (SSSR count). The van der Waals surface area contributed by atoms with Gasteiger partial charge < -0.3 is 20.6 Å². The number of hydrogen-bond donors (Lipinski definition) is 3. The van der Waals surface area contributed by atoms with Crippen LogP contribution in [0.3, 0.4) is 0 Å². The number of carbonyl (C=O) groups excluding carboxylic acids is 1. The quantitative estimate of drug-likeness (QED) is 0.775. The van der Waals surface area contributed by atoms with E-state index in [0.717, 1.165) is 24.2 Å². The molecule has 23 heavy (non-hydrogen) atoms. The summed E-state index contributed by atoms with van der Waals surface area (Å²) < 4.78 is 0. The van der Waals surface area contributed by atoms with Crippen LogP contribution in [0.5, 0.6) is 0 Å². The van der Waals surface area contributed by atoms with E-state index in [4.69, 9.17) is 5.11 Å². The highest BCUT2D eigenvalue weighted by Crippen LogP contribution is 2.27. The molecule has 1 amide bonds. The van der Waals surface area contributed by atoms with E-state index in [0.29, 0.717) is 23.6 Å². The van der Waals surface area contributed by atoms with Crippen LogP contribution in [0.2, 0.25) is 0 Å². The fourth-order valence-electron chi connectivity index (χ4n) is 3.24. The van der Waals surface area contributed by atoms with Crippen LogP contribution in [-0.2, 0) is 0 Å². The minimum absolute atomic E-state index is 0.0479. The molecule has 0 aliphatic carbocycles. The van der Waals surface area contributed by atoms with E-state index in [9.17, 15) is 4.79 Å². The lowest BCUT2D eigenvalue weighted by Gasteiger charge is -2.40. The first-order valence-electron chi connectivity index (χ1n) is 8.39. The van der Waals surface area contributed by atoms with Crippen molar-refractivity contribution in [3.05, 3.63) is 29.3 Å². The molecule has 0 saturated carbocycles. The normalized spacial score (nSPS) is 25.2. The molecule has 0 bridgehead atoms. The van der Waals surface area contributed by atoms with Crippen molar-refractivity contribution in [2.75, 3.05) is 32.1 Å². The van der Waals surface area contributed by atoms with Gasteiger partial charge in [-0.3, -0.25) is 4.79 Å². The van der Waals surface area contributed by atoms with Gasteiger partial charge in [0.2, 0.25) is 0 Å². The van der Waals surface area contributed by atoms with Crippen LogP contribution in [-0.4, -0.2) is 54.7 Å². The second-order valence-electron chi connectivity index (χ2n) is 6.71. The standard InChI is InChI=1S/C18H29N3O2/c1-12-11-21(4)13(2)10-17(12)20-16-7-5-6-15(14(16)3)18(23)19-8-9-22/h5-7,12-13,17,20,22H,8-11H2,1-4H3,(H,19,23). The Bertz CT molecular complexity index is 547. The first-order chi connectivity index (χ1) is 10.9. The van der Waals surface area contributed by atoms with Gasteiger partial charge in [0.15, 0.2) is 0 Å². The van der Waals surface area contributed by atoms with Crippen molar-refractivity contribution in [3.63, 3.8) is 0 Å². The van der Waals surface area contributed by atoms with Gasteiger partial charge in [-0.05, 0) is 50.9 Å². The summed E-state index contributed by atoms with van der Waals surface area (Å²) in [5, 5.41) is 15.2. The number of hydrogen-bond acceptors (Lipinski definition) is 4. The van der Waals surface area contributed by atoms with Crippen LogP contribution in [0.25, 0.3) is 0 Å². The first kappa shape index (κ1) is 17.8. The molecule has 128 valence electrons.